The summed E-state index contributed by atoms with van der Waals surface area (Å²) in [5.74, 6) is 2.03. The highest BCUT2D eigenvalue weighted by atomic mass is 16.6. The van der Waals surface area contributed by atoms with Gasteiger partial charge < -0.3 is 14.4 Å². The molecule has 0 radical (unpaired) electrons. The monoisotopic (exact) mass is 338 g/mol. The van der Waals surface area contributed by atoms with Crippen LogP contribution in [0.15, 0.2) is 42.6 Å². The van der Waals surface area contributed by atoms with Crippen molar-refractivity contribution in [1.29, 1.82) is 0 Å². The van der Waals surface area contributed by atoms with E-state index >= 15 is 0 Å². The third kappa shape index (κ3) is 3.66. The van der Waals surface area contributed by atoms with E-state index < -0.39 is 0 Å². The molecule has 1 fully saturated rings. The summed E-state index contributed by atoms with van der Waals surface area (Å²) in [6.45, 7) is 3.89. The van der Waals surface area contributed by atoms with Gasteiger partial charge in [0.05, 0.1) is 0 Å². The molecule has 2 aliphatic rings. The van der Waals surface area contributed by atoms with E-state index in [1.807, 2.05) is 30.5 Å². The highest BCUT2D eigenvalue weighted by Gasteiger charge is 2.25. The molecular formula is C20H22N2O3. The van der Waals surface area contributed by atoms with Crippen molar-refractivity contribution in [3.05, 3.63) is 53.9 Å². The molecule has 2 aromatic rings. The molecule has 4 rings (SSSR count). The van der Waals surface area contributed by atoms with E-state index in [-0.39, 0.29) is 5.78 Å². The van der Waals surface area contributed by atoms with Crippen LogP contribution in [-0.2, 0) is 0 Å². The molecule has 0 N–H and O–H groups in total. The van der Waals surface area contributed by atoms with Gasteiger partial charge in [-0.1, -0.05) is 6.07 Å². The topological polar surface area (TPSA) is 51.7 Å². The summed E-state index contributed by atoms with van der Waals surface area (Å²) < 4.78 is 11.1. The number of benzene rings is 1. The van der Waals surface area contributed by atoms with Crippen LogP contribution in [0.4, 0.5) is 0 Å². The molecule has 0 amide bonds. The van der Waals surface area contributed by atoms with E-state index in [1.165, 1.54) is 0 Å². The Labute approximate surface area is 147 Å². The number of hydrogen-bond donors (Lipinski definition) is 0. The maximum Gasteiger partial charge on any atom is 0.164 e. The summed E-state index contributed by atoms with van der Waals surface area (Å²) in [6.07, 6.45) is 3.48. The number of nitrogens with zero attached hydrogens (tertiary/aromatic N) is 2. The first-order chi connectivity index (χ1) is 12.3. The summed E-state index contributed by atoms with van der Waals surface area (Å²) in [4.78, 5) is 19.3. The van der Waals surface area contributed by atoms with Crippen molar-refractivity contribution < 1.29 is 14.3 Å². The molecular weight excluding hydrogens is 316 g/mol. The van der Waals surface area contributed by atoms with Crippen LogP contribution in [0, 0.1) is 0 Å². The number of carbonyl (C=O) groups is 1. The third-order valence-electron chi connectivity index (χ3n) is 4.90. The molecule has 0 aliphatic carbocycles. The fourth-order valence-corrected chi connectivity index (χ4v) is 3.52. The van der Waals surface area contributed by atoms with Crippen LogP contribution in [0.2, 0.25) is 0 Å². The normalized spacial score (nSPS) is 19.8. The second-order valence-electron chi connectivity index (χ2n) is 6.57. The zero-order chi connectivity index (χ0) is 17.1. The van der Waals surface area contributed by atoms with Gasteiger partial charge in [0.1, 0.15) is 13.2 Å². The number of Topliss-reactive ketones (excluding diaryl/α,β-unsaturated/α-hetero) is 1. The molecule has 0 spiro atoms. The Morgan fingerprint density at radius 3 is 2.88 bits per heavy atom. The average molecular weight is 338 g/mol. The number of pyridine rings is 1. The molecule has 0 saturated carbocycles. The van der Waals surface area contributed by atoms with Crippen LogP contribution in [0.1, 0.15) is 34.8 Å². The molecule has 3 heterocycles. The van der Waals surface area contributed by atoms with Gasteiger partial charge in [0.15, 0.2) is 17.3 Å². The molecule has 0 bridgehead atoms. The predicted octanol–water partition coefficient (Wildman–Crippen LogP) is 2.92. The summed E-state index contributed by atoms with van der Waals surface area (Å²) in [5.41, 5.74) is 1.85. The minimum atomic E-state index is 0.151. The Morgan fingerprint density at radius 2 is 2.04 bits per heavy atom. The second kappa shape index (κ2) is 7.23. The third-order valence-corrected chi connectivity index (χ3v) is 4.90. The molecule has 1 unspecified atom stereocenters. The number of fused-ring (bicyclic) bond motifs is 1. The Morgan fingerprint density at radius 1 is 1.16 bits per heavy atom. The van der Waals surface area contributed by atoms with Crippen molar-refractivity contribution in [2.45, 2.75) is 18.8 Å². The van der Waals surface area contributed by atoms with Crippen LogP contribution >= 0.6 is 0 Å². The zero-order valence-electron chi connectivity index (χ0n) is 14.2. The molecule has 1 atom stereocenters. The number of aromatic nitrogens is 1. The molecule has 1 saturated heterocycles. The number of ketones is 1. The minimum Gasteiger partial charge on any atom is -0.486 e. The summed E-state index contributed by atoms with van der Waals surface area (Å²) in [7, 11) is 0. The van der Waals surface area contributed by atoms with E-state index in [1.54, 1.807) is 6.07 Å². The van der Waals surface area contributed by atoms with Crippen LogP contribution in [0.5, 0.6) is 11.5 Å². The fraction of sp³-hybridized carbons (Fsp3) is 0.400. The number of rotatable bonds is 5. The standard InChI is InChI=1S/C20H22N2O3/c23-18(15-4-5-19-20(13-15)25-12-11-24-19)7-10-22-9-6-16(14-22)17-3-1-2-8-21-17/h1-5,8,13,16H,6-7,9-12,14H2. The van der Waals surface area contributed by atoms with Gasteiger partial charge in [0.25, 0.3) is 0 Å². The van der Waals surface area contributed by atoms with Gasteiger partial charge in [-0.15, -0.1) is 0 Å². The minimum absolute atomic E-state index is 0.151. The maximum absolute atomic E-state index is 12.5. The zero-order valence-corrected chi connectivity index (χ0v) is 14.2. The Hall–Kier alpha value is -2.40. The highest BCUT2D eigenvalue weighted by Crippen LogP contribution is 2.31. The van der Waals surface area contributed by atoms with E-state index in [0.29, 0.717) is 36.9 Å². The molecule has 1 aromatic heterocycles. The summed E-state index contributed by atoms with van der Waals surface area (Å²) >= 11 is 0. The van der Waals surface area contributed by atoms with Crippen LogP contribution in [0.25, 0.3) is 0 Å². The van der Waals surface area contributed by atoms with Crippen LogP contribution < -0.4 is 9.47 Å². The van der Waals surface area contributed by atoms with Crippen molar-refractivity contribution in [3.63, 3.8) is 0 Å². The van der Waals surface area contributed by atoms with Crippen molar-refractivity contribution >= 4 is 5.78 Å². The number of hydrogen-bond acceptors (Lipinski definition) is 5. The average Bonchev–Trinajstić information content (AvgIpc) is 3.15. The number of carbonyl (C=O) groups excluding carboxylic acids is 1. The maximum atomic E-state index is 12.5. The van der Waals surface area contributed by atoms with Gasteiger partial charge in [-0.25, -0.2) is 0 Å². The Bertz CT molecular complexity index is 748. The predicted molar refractivity (Wildman–Crippen MR) is 94.4 cm³/mol. The first kappa shape index (κ1) is 16.1. The van der Waals surface area contributed by atoms with Gasteiger partial charge in [0, 0.05) is 42.9 Å². The lowest BCUT2D eigenvalue weighted by Gasteiger charge is -2.19. The Balaban J connectivity index is 1.32. The van der Waals surface area contributed by atoms with Crippen molar-refractivity contribution in [1.82, 2.24) is 9.88 Å². The van der Waals surface area contributed by atoms with E-state index in [0.717, 1.165) is 37.5 Å². The molecule has 130 valence electrons. The van der Waals surface area contributed by atoms with Crippen LogP contribution in [0.3, 0.4) is 0 Å². The van der Waals surface area contributed by atoms with Crippen LogP contribution in [-0.4, -0.2) is 48.5 Å². The lowest BCUT2D eigenvalue weighted by Crippen LogP contribution is -2.24. The molecule has 25 heavy (non-hydrogen) atoms. The fourth-order valence-electron chi connectivity index (χ4n) is 3.52. The summed E-state index contributed by atoms with van der Waals surface area (Å²) in [6, 6.07) is 11.5. The lowest BCUT2D eigenvalue weighted by atomic mass is 10.0. The Kier molecular flexibility index (Phi) is 4.65. The van der Waals surface area contributed by atoms with Gasteiger partial charge >= 0.3 is 0 Å². The first-order valence-corrected chi connectivity index (χ1v) is 8.86. The molecule has 5 nitrogen and oxygen atoms in total. The van der Waals surface area contributed by atoms with Crippen molar-refractivity contribution in [2.24, 2.45) is 0 Å². The number of likely N-dealkylation sites (tertiary alicyclic amines) is 1. The van der Waals surface area contributed by atoms with Crippen molar-refractivity contribution in [3.8, 4) is 11.5 Å². The lowest BCUT2D eigenvalue weighted by molar-refractivity contribution is 0.0967. The van der Waals surface area contributed by atoms with Gasteiger partial charge in [-0.2, -0.15) is 0 Å². The SMILES string of the molecule is O=C(CCN1CCC(c2ccccn2)C1)c1ccc2c(c1)OCCO2. The van der Waals surface area contributed by atoms with E-state index in [9.17, 15) is 4.79 Å². The summed E-state index contributed by atoms with van der Waals surface area (Å²) in [5, 5.41) is 0. The van der Waals surface area contributed by atoms with E-state index in [2.05, 4.69) is 16.0 Å². The van der Waals surface area contributed by atoms with E-state index in [4.69, 9.17) is 9.47 Å². The largest absolute Gasteiger partial charge is 0.486 e. The van der Waals surface area contributed by atoms with Crippen molar-refractivity contribution in [2.75, 3.05) is 32.8 Å². The molecule has 2 aliphatic heterocycles. The smallest absolute Gasteiger partial charge is 0.164 e. The number of ether oxygens (including phenoxy) is 2. The quantitative estimate of drug-likeness (QED) is 0.785. The van der Waals surface area contributed by atoms with Gasteiger partial charge in [-0.3, -0.25) is 9.78 Å². The first-order valence-electron chi connectivity index (χ1n) is 8.86. The van der Waals surface area contributed by atoms with Gasteiger partial charge in [-0.05, 0) is 43.3 Å². The second-order valence-corrected chi connectivity index (χ2v) is 6.57. The van der Waals surface area contributed by atoms with Gasteiger partial charge in [0.2, 0.25) is 0 Å². The molecule has 5 heteroatoms. The molecule has 1 aromatic carbocycles. The highest BCUT2D eigenvalue weighted by molar-refractivity contribution is 5.96.